The fraction of sp³-hybridized carbons (Fsp3) is 0.667. The SMILES string of the molecule is CCN1CCN(c2ncc(CC(C)N)cc2C)CC1. The van der Waals surface area contributed by atoms with Gasteiger partial charge in [0.15, 0.2) is 0 Å². The molecule has 2 heterocycles. The molecular formula is C15H26N4. The number of aryl methyl sites for hydroxylation is 1. The first-order chi connectivity index (χ1) is 9.10. The highest BCUT2D eigenvalue weighted by Crippen LogP contribution is 2.20. The Hall–Kier alpha value is -1.13. The number of likely N-dealkylation sites (N-methyl/N-ethyl adjacent to an activating group) is 1. The molecule has 1 unspecified atom stereocenters. The molecule has 0 radical (unpaired) electrons. The van der Waals surface area contributed by atoms with Crippen molar-refractivity contribution in [3.63, 3.8) is 0 Å². The Morgan fingerprint density at radius 1 is 1.32 bits per heavy atom. The first-order valence-corrected chi connectivity index (χ1v) is 7.28. The Kier molecular flexibility index (Phi) is 4.77. The van der Waals surface area contributed by atoms with Crippen LogP contribution < -0.4 is 10.6 Å². The van der Waals surface area contributed by atoms with E-state index in [0.29, 0.717) is 0 Å². The maximum Gasteiger partial charge on any atom is 0.131 e. The molecule has 1 aromatic rings. The lowest BCUT2D eigenvalue weighted by atomic mass is 10.1. The molecule has 106 valence electrons. The Bertz CT molecular complexity index is 409. The number of piperazine rings is 1. The van der Waals surface area contributed by atoms with Crippen LogP contribution in [-0.4, -0.2) is 48.6 Å². The summed E-state index contributed by atoms with van der Waals surface area (Å²) in [5, 5.41) is 0. The minimum Gasteiger partial charge on any atom is -0.354 e. The van der Waals surface area contributed by atoms with E-state index in [2.05, 4.69) is 34.7 Å². The van der Waals surface area contributed by atoms with E-state index in [4.69, 9.17) is 5.73 Å². The summed E-state index contributed by atoms with van der Waals surface area (Å²) in [6.45, 7) is 12.0. The van der Waals surface area contributed by atoms with E-state index < -0.39 is 0 Å². The molecule has 19 heavy (non-hydrogen) atoms. The molecule has 1 fully saturated rings. The van der Waals surface area contributed by atoms with Crippen molar-refractivity contribution in [2.24, 2.45) is 5.73 Å². The highest BCUT2D eigenvalue weighted by Gasteiger charge is 2.18. The van der Waals surface area contributed by atoms with Gasteiger partial charge in [-0.25, -0.2) is 4.98 Å². The lowest BCUT2D eigenvalue weighted by molar-refractivity contribution is 0.270. The van der Waals surface area contributed by atoms with Crippen LogP contribution in [0, 0.1) is 6.92 Å². The maximum absolute atomic E-state index is 5.84. The highest BCUT2D eigenvalue weighted by atomic mass is 15.3. The second-order valence-corrected chi connectivity index (χ2v) is 5.59. The van der Waals surface area contributed by atoms with Gasteiger partial charge >= 0.3 is 0 Å². The summed E-state index contributed by atoms with van der Waals surface area (Å²) in [6, 6.07) is 2.43. The predicted molar refractivity (Wildman–Crippen MR) is 80.7 cm³/mol. The molecule has 0 amide bonds. The van der Waals surface area contributed by atoms with Crippen LogP contribution in [0.2, 0.25) is 0 Å². The van der Waals surface area contributed by atoms with Gasteiger partial charge in [-0.05, 0) is 37.9 Å². The van der Waals surface area contributed by atoms with Crippen LogP contribution in [0.25, 0.3) is 0 Å². The third-order valence-corrected chi connectivity index (χ3v) is 3.78. The zero-order valence-corrected chi connectivity index (χ0v) is 12.4. The summed E-state index contributed by atoms with van der Waals surface area (Å²) in [5.74, 6) is 1.14. The van der Waals surface area contributed by atoms with E-state index in [9.17, 15) is 0 Å². The first-order valence-electron chi connectivity index (χ1n) is 7.28. The lowest BCUT2D eigenvalue weighted by Crippen LogP contribution is -2.46. The van der Waals surface area contributed by atoms with Crippen molar-refractivity contribution < 1.29 is 0 Å². The van der Waals surface area contributed by atoms with Crippen LogP contribution in [-0.2, 0) is 6.42 Å². The second kappa shape index (κ2) is 6.35. The summed E-state index contributed by atoms with van der Waals surface area (Å²) in [4.78, 5) is 9.54. The molecule has 1 aliphatic heterocycles. The normalized spacial score (nSPS) is 18.6. The van der Waals surface area contributed by atoms with Gasteiger partial charge in [0.1, 0.15) is 5.82 Å². The average Bonchev–Trinajstić information content (AvgIpc) is 2.38. The second-order valence-electron chi connectivity index (χ2n) is 5.59. The number of rotatable bonds is 4. The minimum atomic E-state index is 0.195. The first kappa shape index (κ1) is 14.3. The van der Waals surface area contributed by atoms with E-state index in [0.717, 1.165) is 45.0 Å². The average molecular weight is 262 g/mol. The zero-order valence-electron chi connectivity index (χ0n) is 12.4. The molecule has 0 aliphatic carbocycles. The Morgan fingerprint density at radius 2 is 2.00 bits per heavy atom. The molecule has 0 aromatic carbocycles. The van der Waals surface area contributed by atoms with Gasteiger partial charge in [-0.2, -0.15) is 0 Å². The van der Waals surface area contributed by atoms with Crippen molar-refractivity contribution in [2.45, 2.75) is 33.2 Å². The fourth-order valence-electron chi connectivity index (χ4n) is 2.72. The third kappa shape index (κ3) is 3.67. The van der Waals surface area contributed by atoms with Gasteiger partial charge in [0, 0.05) is 38.4 Å². The third-order valence-electron chi connectivity index (χ3n) is 3.78. The summed E-state index contributed by atoms with van der Waals surface area (Å²) in [7, 11) is 0. The van der Waals surface area contributed by atoms with Crippen molar-refractivity contribution in [1.29, 1.82) is 0 Å². The van der Waals surface area contributed by atoms with Gasteiger partial charge in [0.25, 0.3) is 0 Å². The molecule has 1 atom stereocenters. The van der Waals surface area contributed by atoms with Crippen LogP contribution in [0.5, 0.6) is 0 Å². The summed E-state index contributed by atoms with van der Waals surface area (Å²) in [6.07, 6.45) is 2.88. The van der Waals surface area contributed by atoms with Crippen molar-refractivity contribution >= 4 is 5.82 Å². The molecular weight excluding hydrogens is 236 g/mol. The van der Waals surface area contributed by atoms with Crippen molar-refractivity contribution in [1.82, 2.24) is 9.88 Å². The number of hydrogen-bond acceptors (Lipinski definition) is 4. The van der Waals surface area contributed by atoms with Gasteiger partial charge in [-0.3, -0.25) is 0 Å². The topological polar surface area (TPSA) is 45.4 Å². The smallest absolute Gasteiger partial charge is 0.131 e. The van der Waals surface area contributed by atoms with E-state index >= 15 is 0 Å². The standard InChI is InChI=1S/C15H26N4/c1-4-18-5-7-19(8-6-18)15-12(2)9-14(11-17-15)10-13(3)16/h9,11,13H,4-8,10,16H2,1-3H3. The highest BCUT2D eigenvalue weighted by molar-refractivity contribution is 5.47. The van der Waals surface area contributed by atoms with Gasteiger partial charge in [0.2, 0.25) is 0 Å². The van der Waals surface area contributed by atoms with Crippen molar-refractivity contribution in [2.75, 3.05) is 37.6 Å². The van der Waals surface area contributed by atoms with Gasteiger partial charge in [-0.15, -0.1) is 0 Å². The zero-order chi connectivity index (χ0) is 13.8. The fourth-order valence-corrected chi connectivity index (χ4v) is 2.72. The molecule has 0 saturated carbocycles. The number of anilines is 1. The molecule has 4 heteroatoms. The van der Waals surface area contributed by atoms with Crippen LogP contribution in [0.15, 0.2) is 12.3 Å². The molecule has 1 saturated heterocycles. The van der Waals surface area contributed by atoms with E-state index in [1.54, 1.807) is 0 Å². The minimum absolute atomic E-state index is 0.195. The van der Waals surface area contributed by atoms with Crippen LogP contribution >= 0.6 is 0 Å². The lowest BCUT2D eigenvalue weighted by Gasteiger charge is -2.35. The molecule has 0 spiro atoms. The van der Waals surface area contributed by atoms with E-state index in [-0.39, 0.29) is 6.04 Å². The number of hydrogen-bond donors (Lipinski definition) is 1. The van der Waals surface area contributed by atoms with Gasteiger partial charge < -0.3 is 15.5 Å². The van der Waals surface area contributed by atoms with Crippen molar-refractivity contribution in [3.05, 3.63) is 23.4 Å². The number of nitrogens with zero attached hydrogens (tertiary/aromatic N) is 3. The molecule has 0 bridgehead atoms. The maximum atomic E-state index is 5.84. The van der Waals surface area contributed by atoms with Gasteiger partial charge in [-0.1, -0.05) is 13.0 Å². The molecule has 4 nitrogen and oxygen atoms in total. The molecule has 1 aliphatic rings. The van der Waals surface area contributed by atoms with Crippen LogP contribution in [0.1, 0.15) is 25.0 Å². The van der Waals surface area contributed by atoms with Crippen LogP contribution in [0.4, 0.5) is 5.82 Å². The predicted octanol–water partition coefficient (Wildman–Crippen LogP) is 1.42. The Balaban J connectivity index is 2.05. The Morgan fingerprint density at radius 3 is 2.53 bits per heavy atom. The largest absolute Gasteiger partial charge is 0.354 e. The molecule has 2 rings (SSSR count). The Labute approximate surface area is 116 Å². The summed E-state index contributed by atoms with van der Waals surface area (Å²) in [5.41, 5.74) is 8.35. The number of aromatic nitrogens is 1. The number of nitrogens with two attached hydrogens (primary N) is 1. The number of pyridine rings is 1. The summed E-state index contributed by atoms with van der Waals surface area (Å²) < 4.78 is 0. The quantitative estimate of drug-likeness (QED) is 0.891. The van der Waals surface area contributed by atoms with Gasteiger partial charge in [0.05, 0.1) is 0 Å². The van der Waals surface area contributed by atoms with Crippen molar-refractivity contribution in [3.8, 4) is 0 Å². The monoisotopic (exact) mass is 262 g/mol. The summed E-state index contributed by atoms with van der Waals surface area (Å²) >= 11 is 0. The van der Waals surface area contributed by atoms with Crippen LogP contribution in [0.3, 0.4) is 0 Å². The van der Waals surface area contributed by atoms with E-state index in [1.165, 1.54) is 11.1 Å². The van der Waals surface area contributed by atoms with E-state index in [1.807, 2.05) is 13.1 Å². The molecule has 1 aromatic heterocycles. The molecule has 2 N–H and O–H groups in total.